The Kier molecular flexibility index (Phi) is 4.51. The van der Waals surface area contributed by atoms with Gasteiger partial charge in [0.05, 0.1) is 0 Å². The maximum absolute atomic E-state index is 11.6. The predicted octanol–water partition coefficient (Wildman–Crippen LogP) is 3.75. The summed E-state index contributed by atoms with van der Waals surface area (Å²) in [7, 11) is 0. The van der Waals surface area contributed by atoms with Crippen LogP contribution in [0.5, 0.6) is 0 Å². The minimum absolute atomic E-state index is 0.303. The first kappa shape index (κ1) is 13.1. The van der Waals surface area contributed by atoms with E-state index in [4.69, 9.17) is 4.74 Å². The smallest absolute Gasteiger partial charge is 0.331 e. The van der Waals surface area contributed by atoms with Gasteiger partial charge in [-0.2, -0.15) is 0 Å². The van der Waals surface area contributed by atoms with Crippen molar-refractivity contribution in [3.8, 4) is 0 Å². The molecule has 0 aliphatic heterocycles. The highest BCUT2D eigenvalue weighted by atomic mass is 16.5. The Hall–Kier alpha value is -2.35. The van der Waals surface area contributed by atoms with E-state index in [9.17, 15) is 4.79 Å². The summed E-state index contributed by atoms with van der Waals surface area (Å²) < 4.78 is 5.15. The molecule has 2 aromatic carbocycles. The van der Waals surface area contributed by atoms with E-state index in [0.717, 1.165) is 11.1 Å². The maximum Gasteiger partial charge on any atom is 0.331 e. The van der Waals surface area contributed by atoms with Crippen LogP contribution in [0.4, 0.5) is 0 Å². The van der Waals surface area contributed by atoms with Crippen LogP contribution >= 0.6 is 0 Å². The fourth-order valence-electron chi connectivity index (χ4n) is 1.71. The van der Waals surface area contributed by atoms with E-state index in [-0.39, 0.29) is 5.97 Å². The van der Waals surface area contributed by atoms with E-state index in [1.807, 2.05) is 61.5 Å². The molecular formula is C17H16O2. The van der Waals surface area contributed by atoms with Gasteiger partial charge in [-0.25, -0.2) is 4.79 Å². The molecule has 0 saturated carbocycles. The second-order valence-electron chi connectivity index (χ2n) is 4.34. The molecule has 0 N–H and O–H groups in total. The zero-order valence-electron chi connectivity index (χ0n) is 10.9. The minimum Gasteiger partial charge on any atom is -0.458 e. The summed E-state index contributed by atoms with van der Waals surface area (Å²) in [5, 5.41) is 0. The molecule has 2 heteroatoms. The van der Waals surface area contributed by atoms with Crippen LogP contribution in [-0.4, -0.2) is 5.97 Å². The standard InChI is InChI=1S/C17H16O2/c1-14-6-5-9-15(12-14)10-11-17(18)19-13-16-7-3-2-4-8-16/h2-12H,13H2,1H3/b11-10+. The zero-order valence-corrected chi connectivity index (χ0v) is 10.9. The van der Waals surface area contributed by atoms with Crippen LogP contribution in [0.15, 0.2) is 60.7 Å². The molecule has 96 valence electrons. The van der Waals surface area contributed by atoms with Crippen molar-refractivity contribution in [2.45, 2.75) is 13.5 Å². The number of aryl methyl sites for hydroxylation is 1. The van der Waals surface area contributed by atoms with Gasteiger partial charge in [0.2, 0.25) is 0 Å². The molecule has 2 rings (SSSR count). The van der Waals surface area contributed by atoms with Crippen molar-refractivity contribution in [2.24, 2.45) is 0 Å². The molecule has 0 unspecified atom stereocenters. The molecule has 2 nitrogen and oxygen atoms in total. The van der Waals surface area contributed by atoms with Crippen molar-refractivity contribution >= 4 is 12.0 Å². The van der Waals surface area contributed by atoms with Crippen molar-refractivity contribution in [1.29, 1.82) is 0 Å². The maximum atomic E-state index is 11.6. The summed E-state index contributed by atoms with van der Waals surface area (Å²) in [4.78, 5) is 11.6. The average molecular weight is 252 g/mol. The summed E-state index contributed by atoms with van der Waals surface area (Å²) in [6.07, 6.45) is 3.22. The van der Waals surface area contributed by atoms with Crippen LogP contribution in [0.25, 0.3) is 6.08 Å². The van der Waals surface area contributed by atoms with Gasteiger partial charge in [-0.3, -0.25) is 0 Å². The number of carbonyl (C=O) groups excluding carboxylic acids is 1. The lowest BCUT2D eigenvalue weighted by Crippen LogP contribution is -2.00. The van der Waals surface area contributed by atoms with Crippen LogP contribution in [-0.2, 0) is 16.1 Å². The Labute approximate surface area is 113 Å². The molecule has 0 aliphatic rings. The van der Waals surface area contributed by atoms with Crippen molar-refractivity contribution in [3.63, 3.8) is 0 Å². The van der Waals surface area contributed by atoms with Crippen molar-refractivity contribution < 1.29 is 9.53 Å². The third-order valence-electron chi connectivity index (χ3n) is 2.68. The van der Waals surface area contributed by atoms with E-state index in [1.54, 1.807) is 6.08 Å². The Balaban J connectivity index is 1.88. The van der Waals surface area contributed by atoms with Gasteiger partial charge in [0, 0.05) is 6.08 Å². The number of benzene rings is 2. The highest BCUT2D eigenvalue weighted by Gasteiger charge is 1.98. The van der Waals surface area contributed by atoms with Crippen LogP contribution in [0.1, 0.15) is 16.7 Å². The summed E-state index contributed by atoms with van der Waals surface area (Å²) in [6.45, 7) is 2.32. The molecule has 2 aromatic rings. The molecule has 0 amide bonds. The molecule has 0 bridgehead atoms. The lowest BCUT2D eigenvalue weighted by Gasteiger charge is -2.01. The van der Waals surface area contributed by atoms with E-state index >= 15 is 0 Å². The lowest BCUT2D eigenvalue weighted by atomic mass is 10.1. The van der Waals surface area contributed by atoms with Gasteiger partial charge in [0.1, 0.15) is 6.61 Å². The first-order valence-corrected chi connectivity index (χ1v) is 6.19. The van der Waals surface area contributed by atoms with Gasteiger partial charge in [0.25, 0.3) is 0 Å². The summed E-state index contributed by atoms with van der Waals surface area (Å²) in [5.74, 6) is -0.328. The highest BCUT2D eigenvalue weighted by Crippen LogP contribution is 2.06. The number of hydrogen-bond donors (Lipinski definition) is 0. The largest absolute Gasteiger partial charge is 0.458 e. The number of hydrogen-bond acceptors (Lipinski definition) is 2. The molecular weight excluding hydrogens is 236 g/mol. The Bertz CT molecular complexity index is 571. The summed E-state index contributed by atoms with van der Waals surface area (Å²) in [5.41, 5.74) is 3.15. The predicted molar refractivity (Wildman–Crippen MR) is 76.5 cm³/mol. The van der Waals surface area contributed by atoms with Gasteiger partial charge in [0.15, 0.2) is 0 Å². The van der Waals surface area contributed by atoms with Crippen LogP contribution in [0.2, 0.25) is 0 Å². The first-order valence-electron chi connectivity index (χ1n) is 6.19. The number of carbonyl (C=O) groups is 1. The molecule has 0 atom stereocenters. The van der Waals surface area contributed by atoms with Gasteiger partial charge in [-0.05, 0) is 24.1 Å². The van der Waals surface area contributed by atoms with Crippen molar-refractivity contribution in [3.05, 3.63) is 77.4 Å². The number of esters is 1. The second-order valence-corrected chi connectivity index (χ2v) is 4.34. The fourth-order valence-corrected chi connectivity index (χ4v) is 1.71. The number of ether oxygens (including phenoxy) is 1. The summed E-state index contributed by atoms with van der Waals surface area (Å²) >= 11 is 0. The molecule has 0 fully saturated rings. The van der Waals surface area contributed by atoms with Crippen LogP contribution < -0.4 is 0 Å². The second kappa shape index (κ2) is 6.55. The zero-order chi connectivity index (χ0) is 13.5. The Morgan fingerprint density at radius 1 is 1.11 bits per heavy atom. The molecule has 0 aliphatic carbocycles. The molecule has 0 heterocycles. The molecule has 19 heavy (non-hydrogen) atoms. The molecule has 0 radical (unpaired) electrons. The molecule has 0 spiro atoms. The monoisotopic (exact) mass is 252 g/mol. The van der Waals surface area contributed by atoms with E-state index in [0.29, 0.717) is 6.61 Å². The number of rotatable bonds is 4. The molecule has 0 aromatic heterocycles. The van der Waals surface area contributed by atoms with Gasteiger partial charge < -0.3 is 4.74 Å². The van der Waals surface area contributed by atoms with Crippen LogP contribution in [0.3, 0.4) is 0 Å². The van der Waals surface area contributed by atoms with Gasteiger partial charge in [-0.1, -0.05) is 60.2 Å². The van der Waals surface area contributed by atoms with Gasteiger partial charge in [-0.15, -0.1) is 0 Å². The summed E-state index contributed by atoms with van der Waals surface area (Å²) in [6, 6.07) is 17.6. The lowest BCUT2D eigenvalue weighted by molar-refractivity contribution is -0.138. The molecule has 0 saturated heterocycles. The Morgan fingerprint density at radius 3 is 2.63 bits per heavy atom. The van der Waals surface area contributed by atoms with E-state index in [2.05, 4.69) is 0 Å². The van der Waals surface area contributed by atoms with Crippen molar-refractivity contribution in [2.75, 3.05) is 0 Å². The van der Waals surface area contributed by atoms with Crippen LogP contribution in [0, 0.1) is 6.92 Å². The average Bonchev–Trinajstić information content (AvgIpc) is 2.44. The van der Waals surface area contributed by atoms with E-state index in [1.165, 1.54) is 11.6 Å². The van der Waals surface area contributed by atoms with Crippen molar-refractivity contribution in [1.82, 2.24) is 0 Å². The normalized spacial score (nSPS) is 10.6. The Morgan fingerprint density at radius 2 is 1.89 bits per heavy atom. The fraction of sp³-hybridized carbons (Fsp3) is 0.118. The first-order chi connectivity index (χ1) is 9.24. The van der Waals surface area contributed by atoms with Gasteiger partial charge >= 0.3 is 5.97 Å². The third kappa shape index (κ3) is 4.43. The SMILES string of the molecule is Cc1cccc(/C=C/C(=O)OCc2ccccc2)c1. The minimum atomic E-state index is -0.328. The van der Waals surface area contributed by atoms with E-state index < -0.39 is 0 Å². The highest BCUT2D eigenvalue weighted by molar-refractivity contribution is 5.87. The quantitative estimate of drug-likeness (QED) is 0.612. The topological polar surface area (TPSA) is 26.3 Å². The third-order valence-corrected chi connectivity index (χ3v) is 2.68.